The Morgan fingerprint density at radius 2 is 2.16 bits per heavy atom. The van der Waals surface area contributed by atoms with Crippen LogP contribution in [-0.2, 0) is 12.0 Å². The zero-order valence-corrected chi connectivity index (χ0v) is 18.6. The molecule has 0 bridgehead atoms. The van der Waals surface area contributed by atoms with Gasteiger partial charge in [0.05, 0.1) is 12.7 Å². The fraction of sp³-hybridized carbons (Fsp3) is 0.778. The molecule has 144 valence electrons. The van der Waals surface area contributed by atoms with Crippen LogP contribution in [0, 0.1) is 5.92 Å². The van der Waals surface area contributed by atoms with Crippen molar-refractivity contribution in [3.63, 3.8) is 0 Å². The van der Waals surface area contributed by atoms with Crippen molar-refractivity contribution in [2.75, 3.05) is 33.2 Å². The summed E-state index contributed by atoms with van der Waals surface area (Å²) in [5.41, 5.74) is -0.0166. The number of likely N-dealkylation sites (tertiary alicyclic amines) is 1. The molecule has 25 heavy (non-hydrogen) atoms. The van der Waals surface area contributed by atoms with E-state index in [2.05, 4.69) is 53.2 Å². The number of aliphatic imine (C=N–C) groups is 1. The lowest BCUT2D eigenvalue weighted by molar-refractivity contribution is 0.183. The summed E-state index contributed by atoms with van der Waals surface area (Å²) in [6, 6.07) is 0. The van der Waals surface area contributed by atoms with E-state index < -0.39 is 0 Å². The van der Waals surface area contributed by atoms with Crippen LogP contribution in [0.5, 0.6) is 0 Å². The van der Waals surface area contributed by atoms with Crippen LogP contribution in [0.2, 0.25) is 0 Å². The molecule has 7 heteroatoms. The SMILES string of the molecule is CCN1CCCC(CNC(=NC)NCc2ncc(C(C)(C)C)o2)C1.I. The molecule has 1 aromatic rings. The first-order valence-electron chi connectivity index (χ1n) is 9.04. The fourth-order valence-electron chi connectivity index (χ4n) is 2.96. The fourth-order valence-corrected chi connectivity index (χ4v) is 2.96. The average molecular weight is 463 g/mol. The van der Waals surface area contributed by atoms with Crippen molar-refractivity contribution >= 4 is 29.9 Å². The van der Waals surface area contributed by atoms with Crippen LogP contribution in [0.4, 0.5) is 0 Å². The minimum atomic E-state index is -0.0166. The molecule has 2 heterocycles. The van der Waals surface area contributed by atoms with E-state index in [0.29, 0.717) is 18.4 Å². The monoisotopic (exact) mass is 463 g/mol. The number of hydrogen-bond acceptors (Lipinski definition) is 4. The highest BCUT2D eigenvalue weighted by atomic mass is 127. The Morgan fingerprint density at radius 1 is 1.40 bits per heavy atom. The summed E-state index contributed by atoms with van der Waals surface area (Å²) >= 11 is 0. The van der Waals surface area contributed by atoms with Gasteiger partial charge >= 0.3 is 0 Å². The van der Waals surface area contributed by atoms with Gasteiger partial charge in [-0.15, -0.1) is 24.0 Å². The van der Waals surface area contributed by atoms with Crippen LogP contribution in [0.15, 0.2) is 15.6 Å². The van der Waals surface area contributed by atoms with Crippen LogP contribution in [0.25, 0.3) is 0 Å². The molecule has 1 aliphatic heterocycles. The van der Waals surface area contributed by atoms with E-state index in [4.69, 9.17) is 4.42 Å². The van der Waals surface area contributed by atoms with Gasteiger partial charge in [-0.25, -0.2) is 4.98 Å². The second-order valence-corrected chi connectivity index (χ2v) is 7.58. The summed E-state index contributed by atoms with van der Waals surface area (Å²) in [7, 11) is 1.80. The zero-order valence-electron chi connectivity index (χ0n) is 16.3. The van der Waals surface area contributed by atoms with Crippen molar-refractivity contribution < 1.29 is 4.42 Å². The summed E-state index contributed by atoms with van der Waals surface area (Å²) in [6.45, 7) is 13.6. The quantitative estimate of drug-likeness (QED) is 0.400. The molecule has 0 aliphatic carbocycles. The van der Waals surface area contributed by atoms with E-state index >= 15 is 0 Å². The number of aromatic nitrogens is 1. The molecule has 1 aliphatic rings. The van der Waals surface area contributed by atoms with Gasteiger partial charge in [0.25, 0.3) is 0 Å². The second-order valence-electron chi connectivity index (χ2n) is 7.58. The van der Waals surface area contributed by atoms with E-state index in [0.717, 1.165) is 24.8 Å². The Morgan fingerprint density at radius 3 is 2.76 bits per heavy atom. The highest BCUT2D eigenvalue weighted by molar-refractivity contribution is 14.0. The number of guanidine groups is 1. The molecule has 0 spiro atoms. The Bertz CT molecular complexity index is 538. The summed E-state index contributed by atoms with van der Waals surface area (Å²) in [5.74, 6) is 3.09. The molecule has 1 aromatic heterocycles. The molecule has 1 unspecified atom stereocenters. The van der Waals surface area contributed by atoms with Gasteiger partial charge in [-0.1, -0.05) is 27.7 Å². The van der Waals surface area contributed by atoms with E-state index in [1.807, 2.05) is 6.20 Å². The number of nitrogens with one attached hydrogen (secondary N) is 2. The van der Waals surface area contributed by atoms with Gasteiger partial charge in [-0.05, 0) is 31.8 Å². The molecule has 1 saturated heterocycles. The number of piperidine rings is 1. The summed E-state index contributed by atoms with van der Waals surface area (Å²) in [4.78, 5) is 11.2. The molecule has 0 aromatic carbocycles. The maximum absolute atomic E-state index is 5.80. The first kappa shape index (κ1) is 22.2. The van der Waals surface area contributed by atoms with Crippen LogP contribution in [0.1, 0.15) is 52.2 Å². The number of nitrogens with zero attached hydrogens (tertiary/aromatic N) is 3. The van der Waals surface area contributed by atoms with Crippen LogP contribution in [0.3, 0.4) is 0 Å². The molecular formula is C18H34IN5O. The van der Waals surface area contributed by atoms with Crippen molar-refractivity contribution in [1.29, 1.82) is 0 Å². The van der Waals surface area contributed by atoms with E-state index in [-0.39, 0.29) is 29.4 Å². The Hall–Kier alpha value is -0.830. The molecule has 2 N–H and O–H groups in total. The Kier molecular flexibility index (Phi) is 9.20. The topological polar surface area (TPSA) is 65.7 Å². The van der Waals surface area contributed by atoms with Crippen molar-refractivity contribution in [1.82, 2.24) is 20.5 Å². The van der Waals surface area contributed by atoms with Crippen molar-refractivity contribution in [2.45, 2.75) is 52.5 Å². The lowest BCUT2D eigenvalue weighted by Crippen LogP contribution is -2.44. The van der Waals surface area contributed by atoms with Gasteiger partial charge in [0.2, 0.25) is 5.89 Å². The summed E-state index contributed by atoms with van der Waals surface area (Å²) in [5, 5.41) is 6.72. The van der Waals surface area contributed by atoms with E-state index in [1.165, 1.54) is 25.9 Å². The van der Waals surface area contributed by atoms with Gasteiger partial charge < -0.3 is 20.0 Å². The van der Waals surface area contributed by atoms with Crippen LogP contribution in [-0.4, -0.2) is 49.1 Å². The third-order valence-electron chi connectivity index (χ3n) is 4.53. The van der Waals surface area contributed by atoms with Gasteiger partial charge in [0, 0.05) is 25.6 Å². The Balaban J connectivity index is 0.00000312. The molecule has 2 rings (SSSR count). The van der Waals surface area contributed by atoms with Crippen molar-refractivity contribution in [2.24, 2.45) is 10.9 Å². The standard InChI is InChI=1S/C18H33N5O.HI/c1-6-23-9-7-8-14(13-23)10-21-17(19-5)22-12-16-20-11-15(24-16)18(2,3)4;/h11,14H,6-10,12-13H2,1-5H3,(H2,19,21,22);1H. The van der Waals surface area contributed by atoms with Gasteiger partial charge in [-0.3, -0.25) is 4.99 Å². The zero-order chi connectivity index (χ0) is 17.6. The molecule has 0 saturated carbocycles. The molecule has 6 nitrogen and oxygen atoms in total. The van der Waals surface area contributed by atoms with Crippen LogP contribution < -0.4 is 10.6 Å². The normalized spacial score (nSPS) is 19.4. The predicted octanol–water partition coefficient (Wildman–Crippen LogP) is 2.99. The summed E-state index contributed by atoms with van der Waals surface area (Å²) in [6.07, 6.45) is 4.39. The minimum absolute atomic E-state index is 0. The smallest absolute Gasteiger partial charge is 0.213 e. The van der Waals surface area contributed by atoms with E-state index in [9.17, 15) is 0 Å². The Labute approximate surface area is 169 Å². The van der Waals surface area contributed by atoms with Crippen LogP contribution >= 0.6 is 24.0 Å². The second kappa shape index (κ2) is 10.4. The highest BCUT2D eigenvalue weighted by Crippen LogP contribution is 2.22. The number of rotatable bonds is 5. The number of oxazole rings is 1. The number of hydrogen-bond donors (Lipinski definition) is 2. The summed E-state index contributed by atoms with van der Waals surface area (Å²) < 4.78 is 5.80. The maximum Gasteiger partial charge on any atom is 0.213 e. The third-order valence-corrected chi connectivity index (χ3v) is 4.53. The highest BCUT2D eigenvalue weighted by Gasteiger charge is 2.20. The largest absolute Gasteiger partial charge is 0.443 e. The maximum atomic E-state index is 5.80. The predicted molar refractivity (Wildman–Crippen MR) is 114 cm³/mol. The lowest BCUT2D eigenvalue weighted by Gasteiger charge is -2.32. The first-order valence-corrected chi connectivity index (χ1v) is 9.04. The average Bonchev–Trinajstić information content (AvgIpc) is 3.04. The molecular weight excluding hydrogens is 429 g/mol. The van der Waals surface area contributed by atoms with Crippen molar-refractivity contribution in [3.05, 3.63) is 17.8 Å². The number of halogens is 1. The van der Waals surface area contributed by atoms with Gasteiger partial charge in [-0.2, -0.15) is 0 Å². The van der Waals surface area contributed by atoms with Gasteiger partial charge in [0.1, 0.15) is 5.76 Å². The molecule has 1 fully saturated rings. The molecule has 0 radical (unpaired) electrons. The van der Waals surface area contributed by atoms with Crippen molar-refractivity contribution in [3.8, 4) is 0 Å². The van der Waals surface area contributed by atoms with E-state index in [1.54, 1.807) is 7.05 Å². The van der Waals surface area contributed by atoms with Gasteiger partial charge in [0.15, 0.2) is 5.96 Å². The minimum Gasteiger partial charge on any atom is -0.443 e. The lowest BCUT2D eigenvalue weighted by atomic mass is 9.94. The molecule has 0 amide bonds. The first-order chi connectivity index (χ1) is 11.4. The third kappa shape index (κ3) is 7.13. The molecule has 1 atom stereocenters.